The maximum Gasteiger partial charge on any atom is 0.220 e. The molecule has 0 aliphatic carbocycles. The molecule has 0 radical (unpaired) electrons. The highest BCUT2D eigenvalue weighted by molar-refractivity contribution is 5.78. The van der Waals surface area contributed by atoms with Gasteiger partial charge in [0.15, 0.2) is 0 Å². The van der Waals surface area contributed by atoms with Gasteiger partial charge in [-0.2, -0.15) is 0 Å². The lowest BCUT2D eigenvalue weighted by Crippen LogP contribution is -2.38. The van der Waals surface area contributed by atoms with Gasteiger partial charge >= 0.3 is 0 Å². The van der Waals surface area contributed by atoms with Crippen LogP contribution in [-0.2, 0) is 20.9 Å². The van der Waals surface area contributed by atoms with Crippen molar-refractivity contribution < 1.29 is 14.3 Å². The molecule has 1 aromatic rings. The molecule has 5 heteroatoms. The van der Waals surface area contributed by atoms with Crippen molar-refractivity contribution in [3.05, 3.63) is 35.9 Å². The van der Waals surface area contributed by atoms with E-state index in [4.69, 9.17) is 10.5 Å². The van der Waals surface area contributed by atoms with E-state index in [2.05, 4.69) is 12.2 Å². The summed E-state index contributed by atoms with van der Waals surface area (Å²) in [5.74, 6) is -0.384. The van der Waals surface area contributed by atoms with Crippen molar-refractivity contribution in [2.75, 3.05) is 6.61 Å². The van der Waals surface area contributed by atoms with Gasteiger partial charge in [-0.3, -0.25) is 9.59 Å². The first-order chi connectivity index (χ1) is 16.1. The van der Waals surface area contributed by atoms with Gasteiger partial charge in [-0.1, -0.05) is 114 Å². The zero-order valence-corrected chi connectivity index (χ0v) is 21.0. The number of primary amides is 1. The van der Waals surface area contributed by atoms with E-state index in [1.165, 1.54) is 70.6 Å². The number of benzene rings is 1. The summed E-state index contributed by atoms with van der Waals surface area (Å²) in [6.45, 7) is 3.32. The molecule has 5 nitrogen and oxygen atoms in total. The van der Waals surface area contributed by atoms with Gasteiger partial charge in [0.25, 0.3) is 0 Å². The summed E-state index contributed by atoms with van der Waals surface area (Å²) >= 11 is 0. The van der Waals surface area contributed by atoms with E-state index >= 15 is 0 Å². The maximum absolute atomic E-state index is 12.3. The quantitative estimate of drug-likeness (QED) is 0.195. The fourth-order valence-electron chi connectivity index (χ4n) is 4.05. The molecule has 33 heavy (non-hydrogen) atoms. The maximum atomic E-state index is 12.3. The van der Waals surface area contributed by atoms with Crippen LogP contribution in [-0.4, -0.2) is 24.5 Å². The monoisotopic (exact) mass is 460 g/mol. The van der Waals surface area contributed by atoms with Gasteiger partial charge in [-0.05, 0) is 18.4 Å². The summed E-state index contributed by atoms with van der Waals surface area (Å²) in [5, 5.41) is 3.10. The number of hydrogen-bond acceptors (Lipinski definition) is 3. The predicted octanol–water partition coefficient (Wildman–Crippen LogP) is 6.43. The molecule has 1 unspecified atom stereocenters. The molecular formula is C28H48N2O3. The number of carbonyl (C=O) groups excluding carboxylic acids is 2. The van der Waals surface area contributed by atoms with Crippen LogP contribution in [0.5, 0.6) is 0 Å². The van der Waals surface area contributed by atoms with Crippen LogP contribution in [0, 0.1) is 0 Å². The summed E-state index contributed by atoms with van der Waals surface area (Å²) < 4.78 is 5.89. The second-order valence-corrected chi connectivity index (χ2v) is 9.26. The van der Waals surface area contributed by atoms with Gasteiger partial charge in [-0.25, -0.2) is 0 Å². The van der Waals surface area contributed by atoms with Gasteiger partial charge in [0.1, 0.15) is 0 Å². The first-order valence-corrected chi connectivity index (χ1v) is 13.3. The molecule has 0 aromatic heterocycles. The Morgan fingerprint density at radius 1 is 0.818 bits per heavy atom. The van der Waals surface area contributed by atoms with E-state index in [-0.39, 0.29) is 24.3 Å². The van der Waals surface area contributed by atoms with Crippen molar-refractivity contribution in [2.24, 2.45) is 5.73 Å². The van der Waals surface area contributed by atoms with Crippen LogP contribution in [0.2, 0.25) is 0 Å². The molecule has 1 atom stereocenters. The second kappa shape index (κ2) is 20.7. The second-order valence-electron chi connectivity index (χ2n) is 9.26. The van der Waals surface area contributed by atoms with Crippen LogP contribution in [0.4, 0.5) is 0 Å². The molecule has 1 aromatic carbocycles. The van der Waals surface area contributed by atoms with Crippen LogP contribution >= 0.6 is 0 Å². The van der Waals surface area contributed by atoms with Crippen molar-refractivity contribution in [3.63, 3.8) is 0 Å². The Morgan fingerprint density at radius 3 is 1.97 bits per heavy atom. The molecule has 0 saturated carbocycles. The van der Waals surface area contributed by atoms with E-state index in [1.807, 2.05) is 30.3 Å². The van der Waals surface area contributed by atoms with E-state index in [9.17, 15) is 9.59 Å². The van der Waals surface area contributed by atoms with Crippen LogP contribution in [0.3, 0.4) is 0 Å². The Balaban J connectivity index is 2.20. The number of ether oxygens (including phenoxy) is 1. The molecule has 0 spiro atoms. The summed E-state index contributed by atoms with van der Waals surface area (Å²) in [5.41, 5.74) is 6.30. The fourth-order valence-corrected chi connectivity index (χ4v) is 4.05. The molecule has 0 heterocycles. The Hall–Kier alpha value is -1.88. The minimum Gasteiger partial charge on any atom is -0.375 e. The molecule has 3 N–H and O–H groups in total. The van der Waals surface area contributed by atoms with Gasteiger partial charge in [0.2, 0.25) is 11.8 Å². The van der Waals surface area contributed by atoms with Crippen molar-refractivity contribution in [3.8, 4) is 0 Å². The lowest BCUT2D eigenvalue weighted by molar-refractivity contribution is -0.122. The van der Waals surface area contributed by atoms with Crippen molar-refractivity contribution in [2.45, 2.75) is 122 Å². The molecule has 0 fully saturated rings. The lowest BCUT2D eigenvalue weighted by Gasteiger charge is -2.19. The molecule has 2 amide bonds. The largest absolute Gasteiger partial charge is 0.375 e. The van der Waals surface area contributed by atoms with E-state index in [0.717, 1.165) is 18.4 Å². The highest BCUT2D eigenvalue weighted by Gasteiger charge is 2.13. The van der Waals surface area contributed by atoms with E-state index in [0.29, 0.717) is 26.1 Å². The van der Waals surface area contributed by atoms with Crippen LogP contribution in [0.25, 0.3) is 0 Å². The Kier molecular flexibility index (Phi) is 18.3. The van der Waals surface area contributed by atoms with Crippen LogP contribution in [0.1, 0.15) is 115 Å². The van der Waals surface area contributed by atoms with Crippen molar-refractivity contribution in [1.82, 2.24) is 5.32 Å². The molecule has 0 saturated heterocycles. The van der Waals surface area contributed by atoms with Crippen molar-refractivity contribution >= 4 is 11.8 Å². The average Bonchev–Trinajstić information content (AvgIpc) is 2.80. The summed E-state index contributed by atoms with van der Waals surface area (Å²) in [6.07, 6.45) is 17.8. The summed E-state index contributed by atoms with van der Waals surface area (Å²) in [7, 11) is 0. The number of rotatable bonds is 22. The first-order valence-electron chi connectivity index (χ1n) is 13.3. The Bertz CT molecular complexity index is 606. The number of nitrogens with one attached hydrogen (secondary N) is 1. The average molecular weight is 461 g/mol. The molecule has 1 rings (SSSR count). The van der Waals surface area contributed by atoms with Gasteiger partial charge in [0, 0.05) is 12.8 Å². The number of carbonyl (C=O) groups is 2. The number of amides is 2. The standard InChI is InChI=1S/C28H48N2O3/c1-2-3-4-5-6-7-8-9-10-11-12-16-20-26(30-28(32)22-17-21-27(29)31)24-33-23-25-18-14-13-15-19-25/h13-15,18-19,26H,2-12,16-17,20-24H2,1H3,(H2,29,31)(H,30,32). The first kappa shape index (κ1) is 29.2. The highest BCUT2D eigenvalue weighted by atomic mass is 16.5. The van der Waals surface area contributed by atoms with E-state index < -0.39 is 0 Å². The lowest BCUT2D eigenvalue weighted by atomic mass is 10.0. The van der Waals surface area contributed by atoms with Gasteiger partial charge < -0.3 is 15.8 Å². The third-order valence-electron chi connectivity index (χ3n) is 6.03. The van der Waals surface area contributed by atoms with Crippen molar-refractivity contribution in [1.29, 1.82) is 0 Å². The molecular weight excluding hydrogens is 412 g/mol. The third-order valence-corrected chi connectivity index (χ3v) is 6.03. The fraction of sp³-hybridized carbons (Fsp3) is 0.714. The Labute approximate surface area is 202 Å². The molecule has 188 valence electrons. The topological polar surface area (TPSA) is 81.4 Å². The minimum absolute atomic E-state index is 0.0120. The molecule has 0 aliphatic rings. The summed E-state index contributed by atoms with van der Waals surface area (Å²) in [4.78, 5) is 23.2. The number of nitrogens with two attached hydrogens (primary N) is 1. The zero-order valence-electron chi connectivity index (χ0n) is 21.0. The van der Waals surface area contributed by atoms with Gasteiger partial charge in [0.05, 0.1) is 19.3 Å². The smallest absolute Gasteiger partial charge is 0.220 e. The molecule has 0 bridgehead atoms. The SMILES string of the molecule is CCCCCCCCCCCCCCC(COCc1ccccc1)NC(=O)CCCC(N)=O. The zero-order chi connectivity index (χ0) is 24.0. The van der Waals surface area contributed by atoms with Gasteiger partial charge in [-0.15, -0.1) is 0 Å². The normalized spacial score (nSPS) is 11.9. The Morgan fingerprint density at radius 2 is 1.39 bits per heavy atom. The van der Waals surface area contributed by atoms with Crippen LogP contribution < -0.4 is 11.1 Å². The van der Waals surface area contributed by atoms with E-state index in [1.54, 1.807) is 0 Å². The summed E-state index contributed by atoms with van der Waals surface area (Å²) in [6, 6.07) is 10.1. The number of hydrogen-bond donors (Lipinski definition) is 2. The van der Waals surface area contributed by atoms with Crippen LogP contribution in [0.15, 0.2) is 30.3 Å². The minimum atomic E-state index is -0.359. The third kappa shape index (κ3) is 18.3. The number of unbranched alkanes of at least 4 members (excludes halogenated alkanes) is 11. The molecule has 0 aliphatic heterocycles. The highest BCUT2D eigenvalue weighted by Crippen LogP contribution is 2.13. The predicted molar refractivity (Wildman–Crippen MR) is 137 cm³/mol.